The maximum Gasteiger partial charge on any atom is 0.273 e. The molecule has 0 heterocycles. The lowest BCUT2D eigenvalue weighted by molar-refractivity contribution is 0.0842. The van der Waals surface area contributed by atoms with E-state index in [1.807, 2.05) is 30.3 Å². The fourth-order valence-corrected chi connectivity index (χ4v) is 3.27. The number of ether oxygens (including phenoxy) is 2. The van der Waals surface area contributed by atoms with Crippen LogP contribution in [0.15, 0.2) is 89.9 Å². The van der Waals surface area contributed by atoms with Crippen LogP contribution in [-0.2, 0) is 6.42 Å². The van der Waals surface area contributed by atoms with E-state index in [1.165, 1.54) is 0 Å². The van der Waals surface area contributed by atoms with Crippen LogP contribution in [0.4, 0.5) is 0 Å². The lowest BCUT2D eigenvalue weighted by Crippen LogP contribution is -2.41. The Morgan fingerprint density at radius 2 is 1.50 bits per heavy atom. The van der Waals surface area contributed by atoms with Gasteiger partial charge in [0.2, 0.25) is 0 Å². The topological polar surface area (TPSA) is 76.7 Å². The molecule has 0 saturated carbocycles. The molecule has 0 bridgehead atoms. The highest BCUT2D eigenvalue weighted by molar-refractivity contribution is 9.10. The monoisotopic (exact) mass is 494 g/mol. The predicted molar refractivity (Wildman–Crippen MR) is 127 cm³/mol. The Balaban J connectivity index is 1.64. The summed E-state index contributed by atoms with van der Waals surface area (Å²) in [6, 6.07) is 21.8. The van der Waals surface area contributed by atoms with Gasteiger partial charge in [-0.3, -0.25) is 20.4 Å². The zero-order chi connectivity index (χ0) is 22.8. The van der Waals surface area contributed by atoms with E-state index in [2.05, 4.69) is 33.4 Å². The molecule has 0 unspecified atom stereocenters. The van der Waals surface area contributed by atoms with Gasteiger partial charge in [0, 0.05) is 10.9 Å². The van der Waals surface area contributed by atoms with Crippen molar-refractivity contribution in [2.24, 2.45) is 0 Å². The summed E-state index contributed by atoms with van der Waals surface area (Å²) in [5, 5.41) is 0. The molecule has 3 rings (SSSR count). The Morgan fingerprint density at radius 3 is 2.25 bits per heavy atom. The highest BCUT2D eigenvalue weighted by Crippen LogP contribution is 2.24. The molecule has 3 aromatic carbocycles. The molecule has 0 aromatic heterocycles. The first kappa shape index (κ1) is 23.1. The van der Waals surface area contributed by atoms with Crippen molar-refractivity contribution in [1.29, 1.82) is 0 Å². The average Bonchev–Trinajstić information content (AvgIpc) is 2.82. The third-order valence-corrected chi connectivity index (χ3v) is 4.95. The Hall–Kier alpha value is -3.58. The van der Waals surface area contributed by atoms with Crippen molar-refractivity contribution in [2.75, 3.05) is 13.2 Å². The molecule has 0 aliphatic carbocycles. The van der Waals surface area contributed by atoms with E-state index in [9.17, 15) is 9.59 Å². The van der Waals surface area contributed by atoms with Gasteiger partial charge in [0.25, 0.3) is 11.8 Å². The number of nitrogens with one attached hydrogen (secondary N) is 2. The number of hydrogen-bond acceptors (Lipinski definition) is 4. The summed E-state index contributed by atoms with van der Waals surface area (Å²) in [6.07, 6.45) is 2.29. The van der Waals surface area contributed by atoms with Crippen molar-refractivity contribution >= 4 is 27.7 Å². The molecule has 0 radical (unpaired) electrons. The molecule has 2 amide bonds. The number of carbonyl (C=O) groups excluding carboxylic acids is 2. The van der Waals surface area contributed by atoms with Gasteiger partial charge in [-0.05, 0) is 35.9 Å². The van der Waals surface area contributed by atoms with Crippen molar-refractivity contribution in [3.8, 4) is 11.5 Å². The summed E-state index contributed by atoms with van der Waals surface area (Å²) < 4.78 is 12.1. The lowest BCUT2D eigenvalue weighted by Gasteiger charge is -2.14. The first-order chi connectivity index (χ1) is 15.6. The van der Waals surface area contributed by atoms with E-state index in [0.29, 0.717) is 40.1 Å². The van der Waals surface area contributed by atoms with Crippen molar-refractivity contribution < 1.29 is 19.1 Å². The zero-order valence-corrected chi connectivity index (χ0v) is 18.9. The van der Waals surface area contributed by atoms with Gasteiger partial charge in [-0.2, -0.15) is 0 Å². The summed E-state index contributed by atoms with van der Waals surface area (Å²) >= 11 is 3.37. The highest BCUT2D eigenvalue weighted by Gasteiger charge is 2.17. The van der Waals surface area contributed by atoms with Crippen molar-refractivity contribution in [1.82, 2.24) is 10.9 Å². The summed E-state index contributed by atoms with van der Waals surface area (Å²) in [6.45, 7) is 4.27. The molecule has 0 aliphatic heterocycles. The maximum absolute atomic E-state index is 12.8. The van der Waals surface area contributed by atoms with E-state index in [1.54, 1.807) is 48.5 Å². The van der Waals surface area contributed by atoms with Crippen LogP contribution >= 0.6 is 15.9 Å². The Morgan fingerprint density at radius 1 is 0.844 bits per heavy atom. The van der Waals surface area contributed by atoms with Crippen LogP contribution < -0.4 is 20.3 Å². The van der Waals surface area contributed by atoms with Crippen LogP contribution in [0.25, 0.3) is 0 Å². The molecule has 0 spiro atoms. The van der Waals surface area contributed by atoms with Crippen LogP contribution in [-0.4, -0.2) is 25.0 Å². The molecular weight excluding hydrogens is 472 g/mol. The number of benzene rings is 3. The third kappa shape index (κ3) is 6.46. The second-order valence-electron chi connectivity index (χ2n) is 6.73. The van der Waals surface area contributed by atoms with Crippen LogP contribution in [0.1, 0.15) is 26.3 Å². The molecule has 6 nitrogen and oxygen atoms in total. The molecule has 0 aliphatic rings. The first-order valence-electron chi connectivity index (χ1n) is 9.98. The quantitative estimate of drug-likeness (QED) is 0.333. The molecule has 0 fully saturated rings. The number of para-hydroxylation sites is 1. The zero-order valence-electron chi connectivity index (χ0n) is 17.3. The SMILES string of the molecule is C=CCOc1ccccc1C(=O)NNC(=O)c1cc(Br)ccc1OCCc1ccccc1. The predicted octanol–water partition coefficient (Wildman–Crippen LogP) is 4.71. The number of amides is 2. The fourth-order valence-electron chi connectivity index (χ4n) is 2.91. The molecule has 32 heavy (non-hydrogen) atoms. The molecular formula is C25H23BrN2O4. The summed E-state index contributed by atoms with van der Waals surface area (Å²) in [5.41, 5.74) is 6.60. The second kappa shape index (κ2) is 11.7. The van der Waals surface area contributed by atoms with Crippen LogP contribution in [0.5, 0.6) is 11.5 Å². The Kier molecular flexibility index (Phi) is 8.45. The second-order valence-corrected chi connectivity index (χ2v) is 7.64. The van der Waals surface area contributed by atoms with Crippen LogP contribution in [0, 0.1) is 0 Å². The molecule has 3 aromatic rings. The smallest absolute Gasteiger partial charge is 0.273 e. The van der Waals surface area contributed by atoms with Gasteiger partial charge >= 0.3 is 0 Å². The average molecular weight is 495 g/mol. The van der Waals surface area contributed by atoms with Gasteiger partial charge in [0.1, 0.15) is 18.1 Å². The normalized spacial score (nSPS) is 10.2. The van der Waals surface area contributed by atoms with Crippen molar-refractivity contribution in [2.45, 2.75) is 6.42 Å². The number of rotatable bonds is 9. The summed E-state index contributed by atoms with van der Waals surface area (Å²) in [5.74, 6) is -0.185. The minimum absolute atomic E-state index is 0.262. The standard InChI is InChI=1S/C25H23BrN2O4/c1-2-15-31-22-11-7-6-10-20(22)24(29)27-28-25(30)21-17-19(26)12-13-23(21)32-16-14-18-8-4-3-5-9-18/h2-13,17H,1,14-16H2,(H,27,29)(H,28,30). The Bertz CT molecular complexity index is 1090. The molecule has 0 atom stereocenters. The number of carbonyl (C=O) groups is 2. The Labute approximate surface area is 195 Å². The van der Waals surface area contributed by atoms with E-state index in [0.717, 1.165) is 5.56 Å². The molecule has 0 saturated heterocycles. The molecule has 164 valence electrons. The number of hydrogen-bond donors (Lipinski definition) is 2. The van der Waals surface area contributed by atoms with Gasteiger partial charge in [-0.25, -0.2) is 0 Å². The molecule has 2 N–H and O–H groups in total. The minimum atomic E-state index is -0.501. The summed E-state index contributed by atoms with van der Waals surface area (Å²) in [4.78, 5) is 25.3. The maximum atomic E-state index is 12.8. The van der Waals surface area contributed by atoms with Crippen LogP contribution in [0.2, 0.25) is 0 Å². The van der Waals surface area contributed by atoms with E-state index in [-0.39, 0.29) is 6.61 Å². The van der Waals surface area contributed by atoms with E-state index >= 15 is 0 Å². The van der Waals surface area contributed by atoms with Gasteiger partial charge in [0.05, 0.1) is 17.7 Å². The van der Waals surface area contributed by atoms with Gasteiger partial charge in [-0.1, -0.05) is 71.0 Å². The van der Waals surface area contributed by atoms with E-state index < -0.39 is 11.8 Å². The van der Waals surface area contributed by atoms with E-state index in [4.69, 9.17) is 9.47 Å². The van der Waals surface area contributed by atoms with Gasteiger partial charge in [0.15, 0.2) is 0 Å². The minimum Gasteiger partial charge on any atom is -0.492 e. The van der Waals surface area contributed by atoms with Crippen molar-refractivity contribution in [3.05, 3.63) is 107 Å². The largest absolute Gasteiger partial charge is 0.492 e. The fraction of sp³-hybridized carbons (Fsp3) is 0.120. The lowest BCUT2D eigenvalue weighted by atomic mass is 10.1. The highest BCUT2D eigenvalue weighted by atomic mass is 79.9. The van der Waals surface area contributed by atoms with Gasteiger partial charge in [-0.15, -0.1) is 0 Å². The number of halogens is 1. The summed E-state index contributed by atoms with van der Waals surface area (Å²) in [7, 11) is 0. The van der Waals surface area contributed by atoms with Crippen LogP contribution in [0.3, 0.4) is 0 Å². The third-order valence-electron chi connectivity index (χ3n) is 4.46. The molecule has 7 heteroatoms. The van der Waals surface area contributed by atoms with Crippen molar-refractivity contribution in [3.63, 3.8) is 0 Å². The first-order valence-corrected chi connectivity index (χ1v) is 10.8. The van der Waals surface area contributed by atoms with Gasteiger partial charge < -0.3 is 9.47 Å². The number of hydrazine groups is 1.